The molecule has 9 heteroatoms. The first kappa shape index (κ1) is 20.2. The van der Waals surface area contributed by atoms with Gasteiger partial charge in [0, 0.05) is 44.0 Å². The van der Waals surface area contributed by atoms with Crippen LogP contribution in [0, 0.1) is 6.92 Å². The monoisotopic (exact) mass is 405 g/mol. The largest absolute Gasteiger partial charge is 0.507 e. The molecule has 0 spiro atoms. The molecule has 0 aliphatic carbocycles. The van der Waals surface area contributed by atoms with E-state index in [1.807, 2.05) is 17.9 Å². The number of nitrogen functional groups attached to an aromatic ring is 1. The maximum Gasteiger partial charge on any atom is 0.257 e. The minimum atomic E-state index is -0.320. The van der Waals surface area contributed by atoms with Gasteiger partial charge < -0.3 is 25.4 Å². The average Bonchev–Trinajstić information content (AvgIpc) is 2.87. The Morgan fingerprint density at radius 2 is 2.11 bits per heavy atom. The number of anilines is 2. The molecule has 0 bridgehead atoms. The van der Waals surface area contributed by atoms with E-state index in [0.717, 1.165) is 12.1 Å². The lowest BCUT2D eigenvalue weighted by molar-refractivity contribution is 0.0824. The van der Waals surface area contributed by atoms with Gasteiger partial charge in [0.1, 0.15) is 11.6 Å². The summed E-state index contributed by atoms with van der Waals surface area (Å²) in [4.78, 5) is 24.2. The van der Waals surface area contributed by atoms with Crippen molar-refractivity contribution >= 4 is 29.3 Å². The maximum atomic E-state index is 12.3. The zero-order chi connectivity index (χ0) is 20.4. The average molecular weight is 406 g/mol. The molecule has 2 heterocycles. The van der Waals surface area contributed by atoms with Gasteiger partial charge >= 0.3 is 0 Å². The number of aromatic nitrogens is 2. The fourth-order valence-corrected chi connectivity index (χ4v) is 3.57. The number of benzene rings is 1. The van der Waals surface area contributed by atoms with Gasteiger partial charge in [-0.1, -0.05) is 11.6 Å². The molecule has 1 aromatic carbocycles. The molecule has 3 rings (SSSR count). The van der Waals surface area contributed by atoms with Crippen molar-refractivity contribution in [2.24, 2.45) is 0 Å². The highest BCUT2D eigenvalue weighted by atomic mass is 35.5. The molecule has 0 radical (unpaired) electrons. The van der Waals surface area contributed by atoms with Crippen LogP contribution < -0.4 is 10.6 Å². The number of carbonyl (C=O) groups excluding carboxylic acids is 1. The molecule has 1 fully saturated rings. The van der Waals surface area contributed by atoms with E-state index in [0.29, 0.717) is 36.2 Å². The third-order valence-electron chi connectivity index (χ3n) is 4.60. The highest BCUT2D eigenvalue weighted by molar-refractivity contribution is 6.32. The molecule has 150 valence electrons. The molecule has 1 aliphatic rings. The third kappa shape index (κ3) is 4.13. The first-order valence-corrected chi connectivity index (χ1v) is 9.35. The molecular formula is C19H24ClN5O3. The van der Waals surface area contributed by atoms with E-state index in [9.17, 15) is 9.90 Å². The number of nitrogens with zero attached hydrogens (tertiary/aromatic N) is 4. The molecule has 1 atom stereocenters. The highest BCUT2D eigenvalue weighted by Crippen LogP contribution is 2.36. The Morgan fingerprint density at radius 3 is 2.79 bits per heavy atom. The fraction of sp³-hybridized carbons (Fsp3) is 0.421. The topological polar surface area (TPSA) is 105 Å². The van der Waals surface area contributed by atoms with Crippen LogP contribution in [-0.4, -0.2) is 59.7 Å². The van der Waals surface area contributed by atoms with Gasteiger partial charge in [0.15, 0.2) is 0 Å². The van der Waals surface area contributed by atoms with Gasteiger partial charge in [-0.05, 0) is 31.0 Å². The summed E-state index contributed by atoms with van der Waals surface area (Å²) in [6, 6.07) is 4.59. The zero-order valence-electron chi connectivity index (χ0n) is 16.1. The lowest BCUT2D eigenvalue weighted by Gasteiger charge is -2.31. The van der Waals surface area contributed by atoms with Crippen LogP contribution in [0.1, 0.15) is 34.1 Å². The quantitative estimate of drug-likeness (QED) is 0.807. The molecule has 1 aliphatic heterocycles. The van der Waals surface area contributed by atoms with Crippen molar-refractivity contribution in [2.45, 2.75) is 19.4 Å². The number of nitrogens with two attached hydrogens (primary N) is 1. The lowest BCUT2D eigenvalue weighted by Crippen LogP contribution is -2.32. The first-order chi connectivity index (χ1) is 13.3. The lowest BCUT2D eigenvalue weighted by atomic mass is 10.0. The Balaban J connectivity index is 2.05. The predicted octanol–water partition coefficient (Wildman–Crippen LogP) is 2.40. The van der Waals surface area contributed by atoms with Crippen LogP contribution in [0.5, 0.6) is 5.75 Å². The number of hydrogen-bond acceptors (Lipinski definition) is 7. The van der Waals surface area contributed by atoms with E-state index in [2.05, 4.69) is 9.97 Å². The van der Waals surface area contributed by atoms with Gasteiger partial charge in [0.05, 0.1) is 18.2 Å². The van der Waals surface area contributed by atoms with Gasteiger partial charge in [-0.3, -0.25) is 4.79 Å². The molecule has 0 unspecified atom stereocenters. The van der Waals surface area contributed by atoms with Gasteiger partial charge in [-0.25, -0.2) is 4.98 Å². The Hall–Kier alpha value is -2.58. The molecule has 1 amide bonds. The summed E-state index contributed by atoms with van der Waals surface area (Å²) >= 11 is 6.53. The second-order valence-electron chi connectivity index (χ2n) is 6.95. The summed E-state index contributed by atoms with van der Waals surface area (Å²) in [5.74, 6) is 0.420. The first-order valence-electron chi connectivity index (χ1n) is 8.97. The summed E-state index contributed by atoms with van der Waals surface area (Å²) < 4.78 is 5.75. The van der Waals surface area contributed by atoms with Crippen LogP contribution in [0.25, 0.3) is 0 Å². The van der Waals surface area contributed by atoms with E-state index < -0.39 is 0 Å². The summed E-state index contributed by atoms with van der Waals surface area (Å²) in [7, 11) is 3.23. The molecule has 1 aromatic heterocycles. The number of rotatable bonds is 3. The van der Waals surface area contributed by atoms with Crippen molar-refractivity contribution in [3.63, 3.8) is 0 Å². The standard InChI is InChI=1S/C19H24ClN5O3/c1-11-7-17(23-19(21)22-11)25-5-4-6-28-10-15(25)12-9-16(26)13(8-14(12)20)18(27)24(2)3/h7-9,15,26H,4-6,10H2,1-3H3,(H2,21,22,23)/t15-/m1/s1. The number of carbonyl (C=O) groups is 1. The zero-order valence-corrected chi connectivity index (χ0v) is 16.9. The van der Waals surface area contributed by atoms with Crippen LogP contribution in [0.4, 0.5) is 11.8 Å². The van der Waals surface area contributed by atoms with Crippen LogP contribution >= 0.6 is 11.6 Å². The van der Waals surface area contributed by atoms with Gasteiger partial charge in [-0.2, -0.15) is 4.98 Å². The summed E-state index contributed by atoms with van der Waals surface area (Å²) in [5.41, 5.74) is 7.41. The maximum absolute atomic E-state index is 12.3. The molecule has 1 saturated heterocycles. The number of aryl methyl sites for hydroxylation is 1. The van der Waals surface area contributed by atoms with Gasteiger partial charge in [0.25, 0.3) is 5.91 Å². The molecule has 8 nitrogen and oxygen atoms in total. The Kier molecular flexibility index (Phi) is 5.90. The molecule has 0 saturated carbocycles. The van der Waals surface area contributed by atoms with Crippen LogP contribution in [0.15, 0.2) is 18.2 Å². The summed E-state index contributed by atoms with van der Waals surface area (Å²) in [6.45, 7) is 3.50. The van der Waals surface area contributed by atoms with Crippen molar-refractivity contribution in [3.8, 4) is 5.75 Å². The van der Waals surface area contributed by atoms with Crippen molar-refractivity contribution in [1.29, 1.82) is 0 Å². The second-order valence-corrected chi connectivity index (χ2v) is 7.36. The minimum absolute atomic E-state index is 0.124. The molecular weight excluding hydrogens is 382 g/mol. The SMILES string of the molecule is Cc1cc(N2CCCOC[C@@H]2c2cc(O)c(C(=O)N(C)C)cc2Cl)nc(N)n1. The van der Waals surface area contributed by atoms with Crippen LogP contribution in [0.2, 0.25) is 5.02 Å². The van der Waals surface area contributed by atoms with Gasteiger partial charge in [-0.15, -0.1) is 0 Å². The number of amides is 1. The van der Waals surface area contributed by atoms with Crippen LogP contribution in [-0.2, 0) is 4.74 Å². The van der Waals surface area contributed by atoms with E-state index in [1.165, 1.54) is 17.0 Å². The number of halogens is 1. The van der Waals surface area contributed by atoms with Crippen molar-refractivity contribution in [3.05, 3.63) is 40.0 Å². The number of phenols is 1. The van der Waals surface area contributed by atoms with Crippen LogP contribution in [0.3, 0.4) is 0 Å². The Morgan fingerprint density at radius 1 is 1.36 bits per heavy atom. The minimum Gasteiger partial charge on any atom is -0.507 e. The van der Waals surface area contributed by atoms with Crippen molar-refractivity contribution in [1.82, 2.24) is 14.9 Å². The normalized spacial score (nSPS) is 17.3. The van der Waals surface area contributed by atoms with E-state index in [1.54, 1.807) is 14.1 Å². The Bertz CT molecular complexity index is 870. The van der Waals surface area contributed by atoms with E-state index in [4.69, 9.17) is 22.1 Å². The second kappa shape index (κ2) is 8.20. The van der Waals surface area contributed by atoms with E-state index >= 15 is 0 Å². The summed E-state index contributed by atoms with van der Waals surface area (Å²) in [5, 5.41) is 10.8. The number of phenolic OH excluding ortho intramolecular Hbond substituents is 1. The number of hydrogen-bond donors (Lipinski definition) is 2. The Labute approximate surface area is 168 Å². The van der Waals surface area contributed by atoms with Crippen molar-refractivity contribution < 1.29 is 14.6 Å². The molecule has 2 aromatic rings. The van der Waals surface area contributed by atoms with Crippen molar-refractivity contribution in [2.75, 3.05) is 44.5 Å². The fourth-order valence-electron chi connectivity index (χ4n) is 3.28. The summed E-state index contributed by atoms with van der Waals surface area (Å²) in [6.07, 6.45) is 0.806. The van der Waals surface area contributed by atoms with E-state index in [-0.39, 0.29) is 29.2 Å². The third-order valence-corrected chi connectivity index (χ3v) is 4.93. The molecule has 3 N–H and O–H groups in total. The number of ether oxygens (including phenoxy) is 1. The smallest absolute Gasteiger partial charge is 0.257 e. The van der Waals surface area contributed by atoms with Gasteiger partial charge in [0.2, 0.25) is 5.95 Å². The number of aromatic hydroxyl groups is 1. The predicted molar refractivity (Wildman–Crippen MR) is 108 cm³/mol. The molecule has 28 heavy (non-hydrogen) atoms. The highest BCUT2D eigenvalue weighted by Gasteiger charge is 2.28.